The molecule has 0 aliphatic carbocycles. The van der Waals surface area contributed by atoms with Crippen LogP contribution in [0.2, 0.25) is 0 Å². The molecule has 1 amide bonds. The first-order valence-electron chi connectivity index (χ1n) is 7.04. The minimum Gasteiger partial charge on any atom is -0.444 e. The molecule has 0 saturated carbocycles. The molecular weight excluding hydrogens is 257 g/mol. The number of hydrogen-bond donors (Lipinski definition) is 0. The van der Waals surface area contributed by atoms with Gasteiger partial charge in [-0.15, -0.1) is 0 Å². The van der Waals surface area contributed by atoms with Crippen LogP contribution >= 0.6 is 0 Å². The minimum absolute atomic E-state index is 0.272. The van der Waals surface area contributed by atoms with Crippen LogP contribution < -0.4 is 0 Å². The van der Waals surface area contributed by atoms with Crippen molar-refractivity contribution in [2.45, 2.75) is 52.7 Å². The van der Waals surface area contributed by atoms with E-state index in [0.717, 1.165) is 18.4 Å². The van der Waals surface area contributed by atoms with Crippen molar-refractivity contribution in [2.75, 3.05) is 6.54 Å². The van der Waals surface area contributed by atoms with Crippen LogP contribution in [0.3, 0.4) is 0 Å². The third-order valence-corrected chi connectivity index (χ3v) is 2.72. The molecule has 112 valence electrons. The molecule has 0 aliphatic rings. The van der Waals surface area contributed by atoms with Crippen LogP contribution in [0.15, 0.2) is 24.3 Å². The van der Waals surface area contributed by atoms with E-state index in [1.54, 1.807) is 17.0 Å². The predicted molar refractivity (Wildman–Crippen MR) is 78.0 cm³/mol. The standard InChI is InChI=1S/C16H24FNO2/c1-5-6-11-18(15(19)20-16(2,3)4)12-13-7-9-14(17)10-8-13/h7-10H,5-6,11-12H2,1-4H3. The Balaban J connectivity index is 2.73. The normalized spacial score (nSPS) is 11.2. The van der Waals surface area contributed by atoms with Crippen LogP contribution in [0, 0.1) is 5.82 Å². The average Bonchev–Trinajstić information content (AvgIpc) is 2.34. The number of ether oxygens (including phenoxy) is 1. The zero-order chi connectivity index (χ0) is 15.2. The first-order chi connectivity index (χ1) is 9.31. The Morgan fingerprint density at radius 3 is 2.35 bits per heavy atom. The van der Waals surface area contributed by atoms with Gasteiger partial charge in [0.1, 0.15) is 11.4 Å². The average molecular weight is 281 g/mol. The molecule has 0 aromatic heterocycles. The number of hydrogen-bond acceptors (Lipinski definition) is 2. The Kier molecular flexibility index (Phi) is 5.99. The van der Waals surface area contributed by atoms with Crippen LogP contribution in [0.25, 0.3) is 0 Å². The second-order valence-electron chi connectivity index (χ2n) is 5.88. The van der Waals surface area contributed by atoms with E-state index in [1.165, 1.54) is 12.1 Å². The Labute approximate surface area is 120 Å². The highest BCUT2D eigenvalue weighted by molar-refractivity contribution is 5.68. The van der Waals surface area contributed by atoms with Gasteiger partial charge in [-0.05, 0) is 44.9 Å². The molecule has 1 rings (SSSR count). The number of nitrogens with zero attached hydrogens (tertiary/aromatic N) is 1. The first-order valence-corrected chi connectivity index (χ1v) is 7.04. The molecule has 1 aromatic rings. The minimum atomic E-state index is -0.510. The molecule has 3 nitrogen and oxygen atoms in total. The molecule has 0 radical (unpaired) electrons. The fourth-order valence-corrected chi connectivity index (χ4v) is 1.72. The van der Waals surface area contributed by atoms with Gasteiger partial charge in [0.15, 0.2) is 0 Å². The molecule has 0 spiro atoms. The number of rotatable bonds is 5. The van der Waals surface area contributed by atoms with Crippen LogP contribution in [-0.4, -0.2) is 23.1 Å². The van der Waals surface area contributed by atoms with Gasteiger partial charge in [0.2, 0.25) is 0 Å². The van der Waals surface area contributed by atoms with Crippen molar-refractivity contribution in [1.82, 2.24) is 4.90 Å². The topological polar surface area (TPSA) is 29.5 Å². The molecule has 0 N–H and O–H groups in total. The summed E-state index contributed by atoms with van der Waals surface area (Å²) in [6.45, 7) is 8.70. The third kappa shape index (κ3) is 6.04. The highest BCUT2D eigenvalue weighted by Crippen LogP contribution is 2.14. The zero-order valence-corrected chi connectivity index (χ0v) is 12.8. The van der Waals surface area contributed by atoms with Gasteiger partial charge in [-0.1, -0.05) is 25.5 Å². The Hall–Kier alpha value is -1.58. The summed E-state index contributed by atoms with van der Waals surface area (Å²) >= 11 is 0. The summed E-state index contributed by atoms with van der Waals surface area (Å²) in [5.74, 6) is -0.272. The molecule has 0 bridgehead atoms. The summed E-state index contributed by atoms with van der Waals surface area (Å²) in [6, 6.07) is 6.20. The Morgan fingerprint density at radius 2 is 1.85 bits per heavy atom. The second-order valence-corrected chi connectivity index (χ2v) is 5.88. The van der Waals surface area contributed by atoms with E-state index < -0.39 is 5.60 Å². The molecule has 0 fully saturated rings. The number of amides is 1. The smallest absolute Gasteiger partial charge is 0.410 e. The lowest BCUT2D eigenvalue weighted by Gasteiger charge is -2.27. The molecule has 1 aromatic carbocycles. The van der Waals surface area contributed by atoms with E-state index >= 15 is 0 Å². The van der Waals surface area contributed by atoms with Crippen LogP contribution in [-0.2, 0) is 11.3 Å². The number of carbonyl (C=O) groups is 1. The van der Waals surface area contributed by atoms with Crippen molar-refractivity contribution >= 4 is 6.09 Å². The number of carbonyl (C=O) groups excluding carboxylic acids is 1. The molecule has 0 saturated heterocycles. The maximum Gasteiger partial charge on any atom is 0.410 e. The lowest BCUT2D eigenvalue weighted by molar-refractivity contribution is 0.0231. The van der Waals surface area contributed by atoms with Crippen molar-refractivity contribution in [3.05, 3.63) is 35.6 Å². The summed E-state index contributed by atoms with van der Waals surface area (Å²) < 4.78 is 18.3. The van der Waals surface area contributed by atoms with E-state index in [9.17, 15) is 9.18 Å². The van der Waals surface area contributed by atoms with E-state index in [1.807, 2.05) is 20.8 Å². The maximum absolute atomic E-state index is 12.9. The van der Waals surface area contributed by atoms with Crippen molar-refractivity contribution in [1.29, 1.82) is 0 Å². The molecule has 0 atom stereocenters. The van der Waals surface area contributed by atoms with Gasteiger partial charge in [-0.25, -0.2) is 9.18 Å². The van der Waals surface area contributed by atoms with Crippen LogP contribution in [0.1, 0.15) is 46.1 Å². The summed E-state index contributed by atoms with van der Waals surface area (Å²) in [5.41, 5.74) is 0.387. The second kappa shape index (κ2) is 7.27. The van der Waals surface area contributed by atoms with E-state index in [0.29, 0.717) is 13.1 Å². The fourth-order valence-electron chi connectivity index (χ4n) is 1.72. The molecule has 20 heavy (non-hydrogen) atoms. The Bertz CT molecular complexity index is 423. The highest BCUT2D eigenvalue weighted by Gasteiger charge is 2.21. The van der Waals surface area contributed by atoms with E-state index in [4.69, 9.17) is 4.74 Å². The highest BCUT2D eigenvalue weighted by atomic mass is 19.1. The third-order valence-electron chi connectivity index (χ3n) is 2.72. The summed E-state index contributed by atoms with van der Waals surface area (Å²) in [6.07, 6.45) is 1.60. The monoisotopic (exact) mass is 281 g/mol. The summed E-state index contributed by atoms with van der Waals surface area (Å²) in [5, 5.41) is 0. The van der Waals surface area contributed by atoms with Crippen molar-refractivity contribution in [3.63, 3.8) is 0 Å². The predicted octanol–water partition coefficient (Wildman–Crippen LogP) is 4.36. The number of halogens is 1. The van der Waals surface area contributed by atoms with Crippen LogP contribution in [0.5, 0.6) is 0 Å². The fraction of sp³-hybridized carbons (Fsp3) is 0.562. The van der Waals surface area contributed by atoms with Gasteiger partial charge in [-0.3, -0.25) is 0 Å². The van der Waals surface area contributed by atoms with Crippen molar-refractivity contribution in [2.24, 2.45) is 0 Å². The molecule has 4 heteroatoms. The summed E-state index contributed by atoms with van der Waals surface area (Å²) in [7, 11) is 0. The lowest BCUT2D eigenvalue weighted by atomic mass is 10.2. The van der Waals surface area contributed by atoms with E-state index in [-0.39, 0.29) is 11.9 Å². The summed E-state index contributed by atoms with van der Waals surface area (Å²) in [4.78, 5) is 13.8. The first kappa shape index (κ1) is 16.5. The van der Waals surface area contributed by atoms with Gasteiger partial charge in [0, 0.05) is 13.1 Å². The van der Waals surface area contributed by atoms with Gasteiger partial charge < -0.3 is 9.64 Å². The number of benzene rings is 1. The van der Waals surface area contributed by atoms with Crippen molar-refractivity contribution in [3.8, 4) is 0 Å². The SMILES string of the molecule is CCCCN(Cc1ccc(F)cc1)C(=O)OC(C)(C)C. The largest absolute Gasteiger partial charge is 0.444 e. The molecular formula is C16H24FNO2. The zero-order valence-electron chi connectivity index (χ0n) is 12.8. The number of unbranched alkanes of at least 4 members (excludes halogenated alkanes) is 1. The molecule has 0 heterocycles. The lowest BCUT2D eigenvalue weighted by Crippen LogP contribution is -2.37. The van der Waals surface area contributed by atoms with E-state index in [2.05, 4.69) is 6.92 Å². The maximum atomic E-state index is 12.9. The molecule has 0 aliphatic heterocycles. The van der Waals surface area contributed by atoms with Crippen LogP contribution in [0.4, 0.5) is 9.18 Å². The van der Waals surface area contributed by atoms with Gasteiger partial charge >= 0.3 is 6.09 Å². The van der Waals surface area contributed by atoms with Gasteiger partial charge in [0.05, 0.1) is 0 Å². The Morgan fingerprint density at radius 1 is 1.25 bits per heavy atom. The van der Waals surface area contributed by atoms with Crippen molar-refractivity contribution < 1.29 is 13.9 Å². The van der Waals surface area contributed by atoms with Gasteiger partial charge in [0.25, 0.3) is 0 Å². The quantitative estimate of drug-likeness (QED) is 0.802. The van der Waals surface area contributed by atoms with Gasteiger partial charge in [-0.2, -0.15) is 0 Å². The molecule has 0 unspecified atom stereocenters.